The molecule has 4 aromatic heterocycles. The van der Waals surface area contributed by atoms with Crippen LogP contribution >= 0.6 is 0 Å². The van der Waals surface area contributed by atoms with Crippen molar-refractivity contribution in [2.75, 3.05) is 20.8 Å². The van der Waals surface area contributed by atoms with E-state index in [9.17, 15) is 9.59 Å². The van der Waals surface area contributed by atoms with Gasteiger partial charge < -0.3 is 19.4 Å². The van der Waals surface area contributed by atoms with E-state index in [1.807, 2.05) is 36.4 Å². The second-order valence-electron chi connectivity index (χ2n) is 9.09. The second-order valence-corrected chi connectivity index (χ2v) is 9.09. The Kier molecular flexibility index (Phi) is 6.33. The molecule has 39 heavy (non-hydrogen) atoms. The number of hydrogen-bond donors (Lipinski definition) is 1. The summed E-state index contributed by atoms with van der Waals surface area (Å²) in [5, 5.41) is 4.71. The van der Waals surface area contributed by atoms with Crippen LogP contribution in [0.4, 0.5) is 0 Å². The number of H-pyrrole nitrogens is 1. The fraction of sp³-hybridized carbons (Fsp3) is 0.214. The minimum absolute atomic E-state index is 0.206. The molecule has 5 aromatic rings. The van der Waals surface area contributed by atoms with Gasteiger partial charge in [0.15, 0.2) is 11.6 Å². The first-order chi connectivity index (χ1) is 19.1. The molecule has 1 aromatic carbocycles. The van der Waals surface area contributed by atoms with Gasteiger partial charge in [-0.1, -0.05) is 24.3 Å². The second kappa shape index (κ2) is 10.1. The zero-order valence-corrected chi connectivity index (χ0v) is 21.4. The Morgan fingerprint density at radius 3 is 2.77 bits per heavy atom. The lowest BCUT2D eigenvalue weighted by Gasteiger charge is -2.29. The van der Waals surface area contributed by atoms with Crippen LogP contribution in [0, 0.1) is 0 Å². The number of nitrogens with one attached hydrogen (secondary N) is 1. The number of carbonyl (C=O) groups is 2. The number of carbonyl (C=O) groups excluding carboxylic acids is 2. The highest BCUT2D eigenvalue weighted by Gasteiger charge is 2.31. The summed E-state index contributed by atoms with van der Waals surface area (Å²) in [6.07, 6.45) is 6.81. The van der Waals surface area contributed by atoms with Crippen LogP contribution in [0.15, 0.2) is 61.3 Å². The molecule has 1 aliphatic rings. The van der Waals surface area contributed by atoms with Crippen LogP contribution in [0.1, 0.15) is 27.3 Å². The van der Waals surface area contributed by atoms with E-state index in [4.69, 9.17) is 9.47 Å². The van der Waals surface area contributed by atoms with E-state index >= 15 is 0 Å². The predicted molar refractivity (Wildman–Crippen MR) is 141 cm³/mol. The lowest BCUT2D eigenvalue weighted by molar-refractivity contribution is -0.127. The molecule has 5 heterocycles. The predicted octanol–water partition coefficient (Wildman–Crippen LogP) is 3.13. The van der Waals surface area contributed by atoms with Crippen molar-refractivity contribution in [3.63, 3.8) is 0 Å². The molecule has 196 valence electrons. The minimum atomic E-state index is -0.628. The fourth-order valence-electron chi connectivity index (χ4n) is 5.07. The molecule has 0 aliphatic carbocycles. The highest BCUT2D eigenvalue weighted by molar-refractivity contribution is 6.45. The number of nitrogens with zero attached hydrogens (tertiary/aromatic N) is 6. The maximum Gasteiger partial charge on any atom is 0.295 e. The van der Waals surface area contributed by atoms with Crippen LogP contribution < -0.4 is 4.74 Å². The number of Topliss-reactive ketones (excluding diaryl/α,β-unsaturated/α-hetero) is 1. The van der Waals surface area contributed by atoms with Gasteiger partial charge in [-0.15, -0.1) is 0 Å². The van der Waals surface area contributed by atoms with Gasteiger partial charge in [-0.3, -0.25) is 14.6 Å². The molecule has 0 fully saturated rings. The monoisotopic (exact) mass is 523 g/mol. The first-order valence-electron chi connectivity index (χ1n) is 12.4. The average Bonchev–Trinajstić information content (AvgIpc) is 3.64. The minimum Gasteiger partial charge on any atom is -0.494 e. The molecule has 11 heteroatoms. The molecule has 1 aliphatic heterocycles. The topological polar surface area (TPSA) is 128 Å². The number of fused-ring (bicyclic) bond motifs is 2. The Hall–Kier alpha value is -4.90. The Morgan fingerprint density at radius 2 is 1.97 bits per heavy atom. The van der Waals surface area contributed by atoms with Crippen molar-refractivity contribution in [3.8, 4) is 22.8 Å². The van der Waals surface area contributed by atoms with E-state index < -0.39 is 11.7 Å². The zero-order chi connectivity index (χ0) is 26.9. The van der Waals surface area contributed by atoms with Crippen LogP contribution in [0.3, 0.4) is 0 Å². The number of pyridine rings is 2. The van der Waals surface area contributed by atoms with E-state index in [-0.39, 0.29) is 12.2 Å². The molecule has 11 nitrogen and oxygen atoms in total. The van der Waals surface area contributed by atoms with E-state index in [0.29, 0.717) is 47.8 Å². The Bertz CT molecular complexity index is 1690. The third-order valence-electron chi connectivity index (χ3n) is 6.90. The number of aromatic nitrogens is 6. The van der Waals surface area contributed by atoms with Gasteiger partial charge in [0.2, 0.25) is 0 Å². The Balaban J connectivity index is 1.32. The van der Waals surface area contributed by atoms with Crippen molar-refractivity contribution in [1.29, 1.82) is 0 Å². The van der Waals surface area contributed by atoms with Gasteiger partial charge in [0, 0.05) is 38.2 Å². The number of amides is 1. The van der Waals surface area contributed by atoms with E-state index in [2.05, 4.69) is 25.0 Å². The SMILES string of the molecule is COCc1ncnn1-c1ncc(OC)c2c(C(=O)C(=O)N3CCc4c(cccc4-c4ccccn4)C3)c[nH]c12. The highest BCUT2D eigenvalue weighted by Crippen LogP contribution is 2.33. The van der Waals surface area contributed by atoms with Crippen molar-refractivity contribution in [1.82, 2.24) is 34.6 Å². The molecule has 0 bridgehead atoms. The molecule has 0 saturated carbocycles. The molecular formula is C28H25N7O4. The lowest BCUT2D eigenvalue weighted by Crippen LogP contribution is -2.40. The van der Waals surface area contributed by atoms with Gasteiger partial charge in [0.25, 0.3) is 11.7 Å². The van der Waals surface area contributed by atoms with Crippen molar-refractivity contribution in [2.24, 2.45) is 0 Å². The summed E-state index contributed by atoms with van der Waals surface area (Å²) in [7, 11) is 3.05. The van der Waals surface area contributed by atoms with Crippen LogP contribution in [-0.4, -0.2) is 67.1 Å². The van der Waals surface area contributed by atoms with Crippen molar-refractivity contribution >= 4 is 22.6 Å². The number of methoxy groups -OCH3 is 2. The number of ketones is 1. The first kappa shape index (κ1) is 24.4. The first-order valence-corrected chi connectivity index (χ1v) is 12.4. The van der Waals surface area contributed by atoms with Gasteiger partial charge in [-0.05, 0) is 29.7 Å². The maximum atomic E-state index is 13.6. The van der Waals surface area contributed by atoms with Crippen LogP contribution in [0.25, 0.3) is 28.0 Å². The van der Waals surface area contributed by atoms with E-state index in [1.54, 1.807) is 18.2 Å². The van der Waals surface area contributed by atoms with Crippen molar-refractivity contribution < 1.29 is 19.1 Å². The normalized spacial score (nSPS) is 12.9. The largest absolute Gasteiger partial charge is 0.494 e. The van der Waals surface area contributed by atoms with Crippen molar-refractivity contribution in [2.45, 2.75) is 19.6 Å². The average molecular weight is 524 g/mol. The molecule has 1 amide bonds. The quantitative estimate of drug-likeness (QED) is 0.255. The fourth-order valence-corrected chi connectivity index (χ4v) is 5.07. The third kappa shape index (κ3) is 4.22. The molecule has 0 unspecified atom stereocenters. The molecule has 6 rings (SSSR count). The lowest BCUT2D eigenvalue weighted by atomic mass is 9.92. The number of rotatable bonds is 7. The highest BCUT2D eigenvalue weighted by atomic mass is 16.5. The number of benzene rings is 1. The van der Waals surface area contributed by atoms with Gasteiger partial charge in [0.05, 0.1) is 35.5 Å². The van der Waals surface area contributed by atoms with Crippen LogP contribution in [0.2, 0.25) is 0 Å². The van der Waals surface area contributed by atoms with Crippen LogP contribution in [-0.2, 0) is 29.1 Å². The Labute approximate surface area is 223 Å². The zero-order valence-electron chi connectivity index (χ0n) is 21.4. The summed E-state index contributed by atoms with van der Waals surface area (Å²) in [6, 6.07) is 11.8. The molecule has 0 spiro atoms. The molecular weight excluding hydrogens is 498 g/mol. The number of hydrogen-bond acceptors (Lipinski definition) is 8. The summed E-state index contributed by atoms with van der Waals surface area (Å²) < 4.78 is 12.3. The molecule has 1 N–H and O–H groups in total. The number of ether oxygens (including phenoxy) is 2. The van der Waals surface area contributed by atoms with Gasteiger partial charge in [-0.2, -0.15) is 9.78 Å². The molecule has 0 atom stereocenters. The van der Waals surface area contributed by atoms with Gasteiger partial charge in [-0.25, -0.2) is 9.97 Å². The third-order valence-corrected chi connectivity index (χ3v) is 6.90. The Morgan fingerprint density at radius 1 is 1.08 bits per heavy atom. The molecule has 0 radical (unpaired) electrons. The summed E-state index contributed by atoms with van der Waals surface area (Å²) in [4.78, 5) is 45.0. The van der Waals surface area contributed by atoms with Gasteiger partial charge in [0.1, 0.15) is 18.7 Å². The summed E-state index contributed by atoms with van der Waals surface area (Å²) >= 11 is 0. The molecule has 0 saturated heterocycles. The van der Waals surface area contributed by atoms with Crippen LogP contribution in [0.5, 0.6) is 5.75 Å². The van der Waals surface area contributed by atoms with E-state index in [1.165, 1.54) is 30.5 Å². The standard InChI is InChI=1S/C28H25N7O4/c1-38-15-23-32-16-33-35(23)27-25-24(22(39-2)13-31-27)20(12-30-25)26(36)28(37)34-11-9-18-17(14-34)6-5-7-19(18)21-8-3-4-10-29-21/h3-8,10,12-13,16,30H,9,11,14-15H2,1-2H3. The number of aromatic amines is 1. The van der Waals surface area contributed by atoms with Gasteiger partial charge >= 0.3 is 0 Å². The van der Waals surface area contributed by atoms with Crippen molar-refractivity contribution in [3.05, 3.63) is 83.8 Å². The maximum absolute atomic E-state index is 13.6. The summed E-state index contributed by atoms with van der Waals surface area (Å²) in [6.45, 7) is 0.984. The van der Waals surface area contributed by atoms with E-state index in [0.717, 1.165) is 22.4 Å². The summed E-state index contributed by atoms with van der Waals surface area (Å²) in [5.41, 5.74) is 4.80. The summed E-state index contributed by atoms with van der Waals surface area (Å²) in [5.74, 6) is 0.106. The smallest absolute Gasteiger partial charge is 0.295 e.